The highest BCUT2D eigenvalue weighted by Gasteiger charge is 2.36. The number of esters is 1. The van der Waals surface area contributed by atoms with Gasteiger partial charge in [0.25, 0.3) is 0 Å². The van der Waals surface area contributed by atoms with E-state index in [4.69, 9.17) is 10.00 Å². The minimum atomic E-state index is -0.459. The third-order valence-electron chi connectivity index (χ3n) is 4.29. The van der Waals surface area contributed by atoms with Gasteiger partial charge in [0.15, 0.2) is 0 Å². The Morgan fingerprint density at radius 1 is 1.31 bits per heavy atom. The number of rotatable bonds is 5. The van der Waals surface area contributed by atoms with Crippen LogP contribution in [-0.2, 0) is 20.9 Å². The van der Waals surface area contributed by atoms with Crippen LogP contribution in [0.3, 0.4) is 0 Å². The third-order valence-corrected chi connectivity index (χ3v) is 5.01. The highest BCUT2D eigenvalue weighted by Crippen LogP contribution is 2.28. The maximum Gasteiger partial charge on any atom is 0.311 e. The van der Waals surface area contributed by atoms with Gasteiger partial charge in [-0.2, -0.15) is 5.26 Å². The lowest BCUT2D eigenvalue weighted by atomic mass is 10.1. The van der Waals surface area contributed by atoms with Gasteiger partial charge in [-0.05, 0) is 42.2 Å². The molecule has 0 unspecified atom stereocenters. The molecule has 1 aliphatic rings. The normalized spacial score (nSPS) is 16.4. The van der Waals surface area contributed by atoms with Crippen molar-refractivity contribution in [2.45, 2.75) is 17.9 Å². The molecule has 0 saturated carbocycles. The van der Waals surface area contributed by atoms with Gasteiger partial charge in [0.05, 0.1) is 17.6 Å². The lowest BCUT2D eigenvalue weighted by Crippen LogP contribution is -2.26. The predicted octanol–water partition coefficient (Wildman–Crippen LogP) is 3.38. The number of carbonyl (C=O) groups is 2. The van der Waals surface area contributed by atoms with Crippen LogP contribution >= 0.6 is 11.8 Å². The van der Waals surface area contributed by atoms with Crippen LogP contribution in [0.2, 0.25) is 0 Å². The molecule has 2 aromatic carbocycles. The Labute approximate surface area is 156 Å². The Hall–Kier alpha value is -2.78. The largest absolute Gasteiger partial charge is 0.461 e. The Morgan fingerprint density at radius 3 is 2.77 bits per heavy atom. The smallest absolute Gasteiger partial charge is 0.311 e. The first-order chi connectivity index (χ1) is 12.6. The molecule has 1 aliphatic heterocycles. The Morgan fingerprint density at radius 2 is 2.08 bits per heavy atom. The highest BCUT2D eigenvalue weighted by molar-refractivity contribution is 7.98. The lowest BCUT2D eigenvalue weighted by molar-refractivity contribution is -0.149. The zero-order valence-electron chi connectivity index (χ0n) is 14.3. The summed E-state index contributed by atoms with van der Waals surface area (Å²) in [6, 6.07) is 16.6. The van der Waals surface area contributed by atoms with Crippen LogP contribution in [0.25, 0.3) is 0 Å². The molecule has 132 valence electrons. The first-order valence-corrected chi connectivity index (χ1v) is 9.43. The van der Waals surface area contributed by atoms with Crippen LogP contribution < -0.4 is 4.90 Å². The fourth-order valence-corrected chi connectivity index (χ4v) is 3.29. The van der Waals surface area contributed by atoms with Crippen molar-refractivity contribution in [3.05, 3.63) is 59.7 Å². The SMILES string of the molecule is CSc1cccc(N2C[C@H](C(=O)OCc3ccc(C#N)cc3)CC2=O)c1. The number of thioether (sulfide) groups is 1. The van der Waals surface area contributed by atoms with Gasteiger partial charge in [-0.1, -0.05) is 18.2 Å². The number of benzene rings is 2. The molecule has 0 aliphatic carbocycles. The van der Waals surface area contributed by atoms with Gasteiger partial charge >= 0.3 is 5.97 Å². The molecule has 0 bridgehead atoms. The molecule has 0 aromatic heterocycles. The minimum absolute atomic E-state index is 0.0661. The van der Waals surface area contributed by atoms with Crippen molar-refractivity contribution < 1.29 is 14.3 Å². The van der Waals surface area contributed by atoms with Gasteiger partial charge in [-0.25, -0.2) is 0 Å². The van der Waals surface area contributed by atoms with Crippen molar-refractivity contribution in [2.24, 2.45) is 5.92 Å². The zero-order chi connectivity index (χ0) is 18.5. The molecular formula is C20H18N2O3S. The van der Waals surface area contributed by atoms with E-state index in [1.54, 1.807) is 40.9 Å². The van der Waals surface area contributed by atoms with E-state index >= 15 is 0 Å². The number of amides is 1. The van der Waals surface area contributed by atoms with E-state index in [0.717, 1.165) is 16.1 Å². The van der Waals surface area contributed by atoms with Gasteiger partial charge < -0.3 is 9.64 Å². The fourth-order valence-electron chi connectivity index (χ4n) is 2.84. The van der Waals surface area contributed by atoms with Crippen LogP contribution in [0.1, 0.15) is 17.5 Å². The van der Waals surface area contributed by atoms with Crippen LogP contribution in [-0.4, -0.2) is 24.7 Å². The molecule has 26 heavy (non-hydrogen) atoms. The van der Waals surface area contributed by atoms with Crippen molar-refractivity contribution in [1.82, 2.24) is 0 Å². The molecular weight excluding hydrogens is 348 g/mol. The van der Waals surface area contributed by atoms with Crippen LogP contribution in [0.15, 0.2) is 53.4 Å². The fraction of sp³-hybridized carbons (Fsp3) is 0.250. The lowest BCUT2D eigenvalue weighted by Gasteiger charge is -2.17. The summed E-state index contributed by atoms with van der Waals surface area (Å²) in [4.78, 5) is 27.4. The van der Waals surface area contributed by atoms with E-state index in [9.17, 15) is 9.59 Å². The number of nitrogens with zero attached hydrogens (tertiary/aromatic N) is 2. The van der Waals surface area contributed by atoms with E-state index in [2.05, 4.69) is 0 Å². The maximum absolute atomic E-state index is 12.3. The van der Waals surface area contributed by atoms with Crippen LogP contribution in [0.4, 0.5) is 5.69 Å². The van der Waals surface area contributed by atoms with E-state index in [1.807, 2.05) is 36.6 Å². The Kier molecular flexibility index (Phi) is 5.59. The van der Waals surface area contributed by atoms with Crippen LogP contribution in [0, 0.1) is 17.2 Å². The molecule has 1 saturated heterocycles. The average molecular weight is 366 g/mol. The van der Waals surface area contributed by atoms with Gasteiger partial charge in [0, 0.05) is 23.5 Å². The number of ether oxygens (including phenoxy) is 1. The first-order valence-electron chi connectivity index (χ1n) is 8.21. The van der Waals surface area contributed by atoms with Crippen LogP contribution in [0.5, 0.6) is 0 Å². The van der Waals surface area contributed by atoms with Crippen molar-refractivity contribution in [3.63, 3.8) is 0 Å². The van der Waals surface area contributed by atoms with Crippen molar-refractivity contribution in [3.8, 4) is 6.07 Å². The van der Waals surface area contributed by atoms with Gasteiger partial charge in [0.2, 0.25) is 5.91 Å². The molecule has 1 atom stereocenters. The van der Waals surface area contributed by atoms with Gasteiger partial charge in [-0.3, -0.25) is 9.59 Å². The topological polar surface area (TPSA) is 70.4 Å². The second kappa shape index (κ2) is 8.07. The van der Waals surface area contributed by atoms with E-state index in [-0.39, 0.29) is 24.9 Å². The number of carbonyl (C=O) groups excluding carboxylic acids is 2. The van der Waals surface area contributed by atoms with Gasteiger partial charge in [0.1, 0.15) is 6.61 Å². The second-order valence-electron chi connectivity index (χ2n) is 6.02. The zero-order valence-corrected chi connectivity index (χ0v) is 15.2. The second-order valence-corrected chi connectivity index (χ2v) is 6.90. The predicted molar refractivity (Wildman–Crippen MR) is 99.6 cm³/mol. The molecule has 2 aromatic rings. The summed E-state index contributed by atoms with van der Waals surface area (Å²) in [5, 5.41) is 8.79. The first kappa shape index (κ1) is 18.0. The summed E-state index contributed by atoms with van der Waals surface area (Å²) in [7, 11) is 0. The quantitative estimate of drug-likeness (QED) is 0.599. The van der Waals surface area contributed by atoms with Gasteiger partial charge in [-0.15, -0.1) is 11.8 Å². The van der Waals surface area contributed by atoms with Crippen molar-refractivity contribution in [2.75, 3.05) is 17.7 Å². The summed E-state index contributed by atoms with van der Waals surface area (Å²) >= 11 is 1.61. The number of nitriles is 1. The molecule has 1 fully saturated rings. The summed E-state index contributed by atoms with van der Waals surface area (Å²) in [5.41, 5.74) is 2.18. The van der Waals surface area contributed by atoms with Crippen molar-refractivity contribution in [1.29, 1.82) is 5.26 Å². The Bertz CT molecular complexity index is 858. The summed E-state index contributed by atoms with van der Waals surface area (Å²) in [5.74, 6) is -0.895. The molecule has 0 spiro atoms. The maximum atomic E-state index is 12.3. The molecule has 0 N–H and O–H groups in total. The summed E-state index contributed by atoms with van der Waals surface area (Å²) in [6.07, 6.45) is 2.14. The highest BCUT2D eigenvalue weighted by atomic mass is 32.2. The molecule has 5 nitrogen and oxygen atoms in total. The Balaban J connectivity index is 1.60. The molecule has 6 heteroatoms. The molecule has 0 radical (unpaired) electrons. The van der Waals surface area contributed by atoms with E-state index in [1.165, 1.54) is 0 Å². The number of anilines is 1. The van der Waals surface area contributed by atoms with E-state index < -0.39 is 5.92 Å². The standard InChI is InChI=1S/C20H18N2O3S/c1-26-18-4-2-3-17(10-18)22-12-16(9-19(22)23)20(24)25-13-15-7-5-14(11-21)6-8-15/h2-8,10,16H,9,12-13H2,1H3/t16-/m1/s1. The third kappa shape index (κ3) is 4.06. The summed E-state index contributed by atoms with van der Waals surface area (Å²) in [6.45, 7) is 0.472. The average Bonchev–Trinajstić information content (AvgIpc) is 3.08. The number of hydrogen-bond acceptors (Lipinski definition) is 5. The van der Waals surface area contributed by atoms with Crippen molar-refractivity contribution >= 4 is 29.3 Å². The molecule has 3 rings (SSSR count). The molecule has 1 amide bonds. The molecule has 1 heterocycles. The van der Waals surface area contributed by atoms with E-state index in [0.29, 0.717) is 12.1 Å². The monoisotopic (exact) mass is 366 g/mol. The number of hydrogen-bond donors (Lipinski definition) is 0. The minimum Gasteiger partial charge on any atom is -0.461 e. The summed E-state index contributed by atoms with van der Waals surface area (Å²) < 4.78 is 5.36.